The largest absolute Gasteiger partial charge is 0.340 e. The summed E-state index contributed by atoms with van der Waals surface area (Å²) in [5.74, 6) is -0.297. The summed E-state index contributed by atoms with van der Waals surface area (Å²) >= 11 is 0. The van der Waals surface area contributed by atoms with Crippen molar-refractivity contribution in [3.63, 3.8) is 0 Å². The van der Waals surface area contributed by atoms with Crippen molar-refractivity contribution in [1.29, 1.82) is 0 Å². The molecule has 2 N–H and O–H groups in total. The minimum atomic E-state index is -0.378. The van der Waals surface area contributed by atoms with Gasteiger partial charge < -0.3 is 15.5 Å². The van der Waals surface area contributed by atoms with E-state index in [0.717, 1.165) is 17.0 Å². The highest BCUT2D eigenvalue weighted by atomic mass is 35.5. The number of rotatable bonds is 6. The van der Waals surface area contributed by atoms with Gasteiger partial charge in [0, 0.05) is 25.7 Å². The highest BCUT2D eigenvalue weighted by Gasteiger charge is 2.28. The number of halogens is 1. The Morgan fingerprint density at radius 2 is 1.96 bits per heavy atom. The maximum absolute atomic E-state index is 12.2. The maximum Gasteiger partial charge on any atom is 0.324 e. The van der Waals surface area contributed by atoms with E-state index in [0.29, 0.717) is 12.1 Å². The van der Waals surface area contributed by atoms with Crippen molar-refractivity contribution in [2.24, 2.45) is 0 Å². The summed E-state index contributed by atoms with van der Waals surface area (Å²) in [7, 11) is 3.59. The quantitative estimate of drug-likeness (QED) is 0.737. The lowest BCUT2D eigenvalue weighted by atomic mass is 10.1. The van der Waals surface area contributed by atoms with E-state index in [2.05, 4.69) is 10.6 Å². The van der Waals surface area contributed by atoms with E-state index in [4.69, 9.17) is 0 Å². The van der Waals surface area contributed by atoms with E-state index in [1.165, 1.54) is 0 Å². The molecule has 0 saturated carbocycles. The zero-order chi connectivity index (χ0) is 16.1. The van der Waals surface area contributed by atoms with Gasteiger partial charge in [-0.25, -0.2) is 4.79 Å². The number of carbonyl (C=O) groups is 3. The first-order valence-electron chi connectivity index (χ1n) is 7.10. The number of carbonyl (C=O) groups excluding carboxylic acids is 3. The SMILES string of the molecule is CNCCN(C)C(=O)c1ccc(CN2C(=O)CNC2=O)cc1.Cl. The molecule has 1 aliphatic heterocycles. The molecule has 2 rings (SSSR count). The Kier molecular flexibility index (Phi) is 6.99. The van der Waals surface area contributed by atoms with Crippen molar-refractivity contribution in [2.75, 3.05) is 33.7 Å². The number of hydrogen-bond acceptors (Lipinski definition) is 4. The van der Waals surface area contributed by atoms with E-state index in [9.17, 15) is 14.4 Å². The van der Waals surface area contributed by atoms with E-state index >= 15 is 0 Å². The molecule has 0 bridgehead atoms. The molecular weight excluding hydrogens is 320 g/mol. The predicted octanol–water partition coefficient (Wildman–Crippen LogP) is 0.452. The number of amides is 4. The van der Waals surface area contributed by atoms with Crippen molar-refractivity contribution in [3.8, 4) is 0 Å². The zero-order valence-electron chi connectivity index (χ0n) is 13.2. The Morgan fingerprint density at radius 3 is 2.48 bits per heavy atom. The predicted molar refractivity (Wildman–Crippen MR) is 88.5 cm³/mol. The second kappa shape index (κ2) is 8.50. The Bertz CT molecular complexity index is 561. The first kappa shape index (κ1) is 18.9. The molecule has 1 fully saturated rings. The number of nitrogens with one attached hydrogen (secondary N) is 2. The fraction of sp³-hybridized carbons (Fsp3) is 0.400. The van der Waals surface area contributed by atoms with Crippen LogP contribution in [-0.4, -0.2) is 61.4 Å². The first-order chi connectivity index (χ1) is 10.5. The second-order valence-corrected chi connectivity index (χ2v) is 5.17. The van der Waals surface area contributed by atoms with Crippen LogP contribution in [0.25, 0.3) is 0 Å². The highest BCUT2D eigenvalue weighted by Crippen LogP contribution is 2.11. The molecule has 1 aromatic carbocycles. The molecule has 0 spiro atoms. The number of imide groups is 1. The van der Waals surface area contributed by atoms with E-state index in [1.54, 1.807) is 36.2 Å². The third-order valence-corrected chi connectivity index (χ3v) is 3.52. The van der Waals surface area contributed by atoms with E-state index < -0.39 is 0 Å². The molecule has 8 heteroatoms. The van der Waals surface area contributed by atoms with Crippen molar-refractivity contribution in [1.82, 2.24) is 20.4 Å². The summed E-state index contributed by atoms with van der Waals surface area (Å²) in [6, 6.07) is 6.57. The second-order valence-electron chi connectivity index (χ2n) is 5.17. The molecule has 0 unspecified atom stereocenters. The lowest BCUT2D eigenvalue weighted by Crippen LogP contribution is -2.32. The van der Waals surface area contributed by atoms with Gasteiger partial charge in [-0.3, -0.25) is 14.5 Å². The van der Waals surface area contributed by atoms with Crippen LogP contribution < -0.4 is 10.6 Å². The molecule has 7 nitrogen and oxygen atoms in total. The molecule has 0 aliphatic carbocycles. The van der Waals surface area contributed by atoms with Gasteiger partial charge in [0.15, 0.2) is 0 Å². The van der Waals surface area contributed by atoms with Gasteiger partial charge in [0.05, 0.1) is 13.1 Å². The molecule has 1 aromatic rings. The molecule has 0 atom stereocenters. The molecule has 1 heterocycles. The third-order valence-electron chi connectivity index (χ3n) is 3.52. The average molecular weight is 341 g/mol. The lowest BCUT2D eigenvalue weighted by Gasteiger charge is -2.17. The Balaban J connectivity index is 0.00000264. The highest BCUT2D eigenvalue weighted by molar-refractivity contribution is 6.01. The monoisotopic (exact) mass is 340 g/mol. The summed E-state index contributed by atoms with van der Waals surface area (Å²) < 4.78 is 0. The summed E-state index contributed by atoms with van der Waals surface area (Å²) in [4.78, 5) is 38.0. The Labute approximate surface area is 141 Å². The molecule has 4 amide bonds. The maximum atomic E-state index is 12.2. The average Bonchev–Trinajstić information content (AvgIpc) is 2.84. The Morgan fingerprint density at radius 1 is 1.30 bits per heavy atom. The minimum Gasteiger partial charge on any atom is -0.340 e. The van der Waals surface area contributed by atoms with Crippen LogP contribution in [0.1, 0.15) is 15.9 Å². The van der Waals surface area contributed by atoms with Gasteiger partial charge in [-0.2, -0.15) is 0 Å². The molecular formula is C15H21ClN4O3. The summed E-state index contributed by atoms with van der Waals surface area (Å²) in [5.41, 5.74) is 1.39. The van der Waals surface area contributed by atoms with Gasteiger partial charge in [0.2, 0.25) is 5.91 Å². The normalized spacial score (nSPS) is 13.6. The van der Waals surface area contributed by atoms with Crippen molar-refractivity contribution in [3.05, 3.63) is 35.4 Å². The van der Waals surface area contributed by atoms with Crippen LogP contribution in [0.3, 0.4) is 0 Å². The van der Waals surface area contributed by atoms with Crippen LogP contribution in [-0.2, 0) is 11.3 Å². The van der Waals surface area contributed by atoms with Gasteiger partial charge in [-0.05, 0) is 24.7 Å². The van der Waals surface area contributed by atoms with Crippen molar-refractivity contribution < 1.29 is 14.4 Å². The molecule has 1 aliphatic rings. The van der Waals surface area contributed by atoms with E-state index in [-0.39, 0.29) is 43.3 Å². The van der Waals surface area contributed by atoms with Crippen LogP contribution in [0.5, 0.6) is 0 Å². The number of nitrogens with zero attached hydrogens (tertiary/aromatic N) is 2. The van der Waals surface area contributed by atoms with Gasteiger partial charge >= 0.3 is 6.03 Å². The molecule has 0 aromatic heterocycles. The summed E-state index contributed by atoms with van der Waals surface area (Å²) in [6.07, 6.45) is 0. The number of urea groups is 1. The zero-order valence-corrected chi connectivity index (χ0v) is 14.0. The topological polar surface area (TPSA) is 81.8 Å². The first-order valence-corrected chi connectivity index (χ1v) is 7.10. The standard InChI is InChI=1S/C15H20N4O3.ClH/c1-16-7-8-18(2)14(21)12-5-3-11(4-6-12)10-19-13(20)9-17-15(19)22;/h3-6,16H,7-10H2,1-2H3,(H,17,22);1H. The molecule has 23 heavy (non-hydrogen) atoms. The van der Waals surface area contributed by atoms with Crippen LogP contribution in [0.2, 0.25) is 0 Å². The number of hydrogen-bond donors (Lipinski definition) is 2. The van der Waals surface area contributed by atoms with Crippen molar-refractivity contribution >= 4 is 30.3 Å². The number of benzene rings is 1. The lowest BCUT2D eigenvalue weighted by molar-refractivity contribution is -0.125. The van der Waals surface area contributed by atoms with Crippen LogP contribution in [0.4, 0.5) is 4.79 Å². The fourth-order valence-electron chi connectivity index (χ4n) is 2.15. The van der Waals surface area contributed by atoms with Gasteiger partial charge in [-0.15, -0.1) is 12.4 Å². The van der Waals surface area contributed by atoms with Gasteiger partial charge in [-0.1, -0.05) is 12.1 Å². The molecule has 126 valence electrons. The van der Waals surface area contributed by atoms with Gasteiger partial charge in [0.25, 0.3) is 5.91 Å². The smallest absolute Gasteiger partial charge is 0.324 e. The third kappa shape index (κ3) is 4.67. The number of likely N-dealkylation sites (N-methyl/N-ethyl adjacent to an activating group) is 2. The van der Waals surface area contributed by atoms with Crippen LogP contribution in [0, 0.1) is 0 Å². The van der Waals surface area contributed by atoms with Crippen molar-refractivity contribution in [2.45, 2.75) is 6.54 Å². The van der Waals surface area contributed by atoms with Crippen LogP contribution in [0.15, 0.2) is 24.3 Å². The molecule has 1 saturated heterocycles. The summed E-state index contributed by atoms with van der Waals surface area (Å²) in [5, 5.41) is 5.47. The minimum absolute atomic E-state index is 0. The molecule has 0 radical (unpaired) electrons. The Hall–Kier alpha value is -2.12. The summed E-state index contributed by atoms with van der Waals surface area (Å²) in [6.45, 7) is 1.62. The van der Waals surface area contributed by atoms with Gasteiger partial charge in [0.1, 0.15) is 0 Å². The fourth-order valence-corrected chi connectivity index (χ4v) is 2.15. The van der Waals surface area contributed by atoms with Crippen LogP contribution >= 0.6 is 12.4 Å². The van der Waals surface area contributed by atoms with E-state index in [1.807, 2.05) is 7.05 Å².